The minimum absolute atomic E-state index is 0.0211. The maximum atomic E-state index is 7.04. The van der Waals surface area contributed by atoms with Gasteiger partial charge >= 0.3 is 0 Å². The van der Waals surface area contributed by atoms with Crippen molar-refractivity contribution in [2.24, 2.45) is 5.92 Å². The van der Waals surface area contributed by atoms with Crippen molar-refractivity contribution >= 4 is 51.9 Å². The molecule has 0 saturated heterocycles. The molecule has 0 radical (unpaired) electrons. The van der Waals surface area contributed by atoms with E-state index in [0.717, 1.165) is 11.2 Å². The Kier molecular flexibility index (Phi) is 4.40. The average molecular weight is 521 g/mol. The molecule has 2 aliphatic carbocycles. The Labute approximate surface area is 233 Å². The lowest BCUT2D eigenvalue weighted by Crippen LogP contribution is -2.62. The van der Waals surface area contributed by atoms with Crippen molar-refractivity contribution in [3.05, 3.63) is 126 Å². The first-order chi connectivity index (χ1) is 19.1. The molecule has 4 aromatic rings. The number of para-hydroxylation sites is 1. The molecule has 0 amide bonds. The number of rotatable bonds is 1. The Bertz CT molecular complexity index is 1810. The van der Waals surface area contributed by atoms with E-state index in [-0.39, 0.29) is 12.1 Å². The highest BCUT2D eigenvalue weighted by molar-refractivity contribution is 8.00. The maximum absolute atomic E-state index is 7.04. The molecule has 4 unspecified atom stereocenters. The van der Waals surface area contributed by atoms with E-state index < -0.39 is 0 Å². The van der Waals surface area contributed by atoms with Crippen LogP contribution in [0.3, 0.4) is 0 Å². The van der Waals surface area contributed by atoms with Gasteiger partial charge in [0.25, 0.3) is 6.71 Å². The van der Waals surface area contributed by atoms with E-state index in [1.807, 2.05) is 11.8 Å². The molecular formula is C35H28BNOS. The number of nitrogens with zero attached hydrogens (tertiary/aromatic N) is 1. The van der Waals surface area contributed by atoms with Crippen LogP contribution >= 0.6 is 11.8 Å². The topological polar surface area (TPSA) is 16.4 Å². The van der Waals surface area contributed by atoms with Crippen molar-refractivity contribution in [3.8, 4) is 0 Å². The Morgan fingerprint density at radius 2 is 1.72 bits per heavy atom. The number of hydrogen-bond donors (Lipinski definition) is 0. The number of anilines is 2. The molecule has 1 aromatic heterocycles. The highest BCUT2D eigenvalue weighted by atomic mass is 32.2. The highest BCUT2D eigenvalue weighted by Crippen LogP contribution is 2.57. The standard InChI is InChI=1S/C35H28BNOS/c1-35(2)25-14-7-8-16-27(25)36-32-26(35)15-10-17-28(32)37(21-11-4-3-5-12-21)33-24-19-23-22-13-6-9-18-30(22)39-31(23)20-29(24)38-34(33)36/h3-20,22,26,30,32H,1-2H3. The van der Waals surface area contributed by atoms with E-state index in [4.69, 9.17) is 4.42 Å². The highest BCUT2D eigenvalue weighted by Gasteiger charge is 2.56. The summed E-state index contributed by atoms with van der Waals surface area (Å²) in [5, 5.41) is 1.70. The molecular weight excluding hydrogens is 493 g/mol. The summed E-state index contributed by atoms with van der Waals surface area (Å²) in [6.45, 7) is 5.03. The summed E-state index contributed by atoms with van der Waals surface area (Å²) in [6.07, 6.45) is 16.2. The van der Waals surface area contributed by atoms with Gasteiger partial charge in [0, 0.05) is 32.8 Å². The van der Waals surface area contributed by atoms with Crippen LogP contribution in [0.5, 0.6) is 0 Å². The Morgan fingerprint density at radius 3 is 2.62 bits per heavy atom. The predicted molar refractivity (Wildman–Crippen MR) is 164 cm³/mol. The lowest BCUT2D eigenvalue weighted by molar-refractivity contribution is 0.366. The van der Waals surface area contributed by atoms with Crippen molar-refractivity contribution in [1.29, 1.82) is 0 Å². The summed E-state index contributed by atoms with van der Waals surface area (Å²) in [4.78, 5) is 3.87. The van der Waals surface area contributed by atoms with Crippen molar-refractivity contribution < 1.29 is 4.42 Å². The van der Waals surface area contributed by atoms with Gasteiger partial charge in [0.2, 0.25) is 0 Å². The molecule has 4 heteroatoms. The van der Waals surface area contributed by atoms with E-state index >= 15 is 0 Å². The van der Waals surface area contributed by atoms with Gasteiger partial charge in [-0.05, 0) is 58.6 Å². The molecule has 4 atom stereocenters. The largest absolute Gasteiger partial charge is 0.468 e. The van der Waals surface area contributed by atoms with Gasteiger partial charge in [-0.3, -0.25) is 0 Å². The zero-order valence-corrected chi connectivity index (χ0v) is 22.9. The second-order valence-electron chi connectivity index (χ2n) is 12.1. The van der Waals surface area contributed by atoms with Gasteiger partial charge in [-0.15, -0.1) is 11.8 Å². The van der Waals surface area contributed by atoms with Gasteiger partial charge in [0.1, 0.15) is 5.58 Å². The van der Waals surface area contributed by atoms with Crippen LogP contribution in [0.1, 0.15) is 30.9 Å². The molecule has 0 spiro atoms. The number of fused-ring (bicyclic) bond motifs is 9. The van der Waals surface area contributed by atoms with Crippen LogP contribution in [0.25, 0.3) is 11.0 Å². The molecule has 0 saturated carbocycles. The molecule has 5 aliphatic rings. The second kappa shape index (κ2) is 7.73. The van der Waals surface area contributed by atoms with Crippen LogP contribution in [0.15, 0.2) is 124 Å². The summed E-state index contributed by atoms with van der Waals surface area (Å²) >= 11 is 1.97. The van der Waals surface area contributed by atoms with Gasteiger partial charge in [-0.25, -0.2) is 0 Å². The summed E-state index contributed by atoms with van der Waals surface area (Å²) in [6, 6.07) is 24.8. The van der Waals surface area contributed by atoms with E-state index in [2.05, 4.69) is 128 Å². The van der Waals surface area contributed by atoms with Gasteiger partial charge in [0.05, 0.1) is 11.3 Å². The van der Waals surface area contributed by atoms with Crippen molar-refractivity contribution in [2.45, 2.75) is 41.1 Å². The summed E-state index contributed by atoms with van der Waals surface area (Å²) in [5.41, 5.74) is 10.2. The zero-order valence-electron chi connectivity index (χ0n) is 22.0. The third-order valence-corrected chi connectivity index (χ3v) is 11.1. The number of benzene rings is 3. The van der Waals surface area contributed by atoms with E-state index in [1.165, 1.54) is 43.9 Å². The SMILES string of the molecule is CC1(C)c2ccccc2B2c3oc4cc5c(cc4c3N(c3ccccc3)C3=CC=CC1C23)C1C=CC=CC1S5. The normalized spacial score (nSPS) is 26.6. The lowest BCUT2D eigenvalue weighted by atomic mass is 9.26. The Hall–Kier alpha value is -3.63. The van der Waals surface area contributed by atoms with Crippen LogP contribution in [-0.4, -0.2) is 12.0 Å². The molecule has 188 valence electrons. The first-order valence-corrected chi connectivity index (χ1v) is 14.9. The minimum atomic E-state index is 0.0211. The molecule has 4 heterocycles. The first kappa shape index (κ1) is 22.2. The molecule has 0 bridgehead atoms. The minimum Gasteiger partial charge on any atom is -0.468 e. The van der Waals surface area contributed by atoms with Crippen LogP contribution in [0.4, 0.5) is 11.4 Å². The third-order valence-electron chi connectivity index (χ3n) is 9.80. The summed E-state index contributed by atoms with van der Waals surface area (Å²) in [7, 11) is 0. The average Bonchev–Trinajstić information content (AvgIpc) is 3.52. The fourth-order valence-corrected chi connectivity index (χ4v) is 9.43. The van der Waals surface area contributed by atoms with Crippen LogP contribution in [0, 0.1) is 5.92 Å². The Balaban J connectivity index is 1.37. The predicted octanol–water partition coefficient (Wildman–Crippen LogP) is 7.61. The van der Waals surface area contributed by atoms with Gasteiger partial charge in [-0.1, -0.05) is 98.2 Å². The summed E-state index contributed by atoms with van der Waals surface area (Å²) < 4.78 is 7.04. The monoisotopic (exact) mass is 521 g/mol. The smallest absolute Gasteiger partial charge is 0.268 e. The zero-order chi connectivity index (χ0) is 25.9. The number of allylic oxidation sites excluding steroid dienone is 7. The quantitative estimate of drug-likeness (QED) is 0.240. The van der Waals surface area contributed by atoms with Crippen LogP contribution < -0.4 is 16.0 Å². The number of thioether (sulfide) groups is 1. The molecule has 2 nitrogen and oxygen atoms in total. The maximum Gasteiger partial charge on any atom is 0.268 e. The van der Waals surface area contributed by atoms with E-state index in [0.29, 0.717) is 22.9 Å². The number of hydrogen-bond acceptors (Lipinski definition) is 3. The van der Waals surface area contributed by atoms with Gasteiger partial charge in [-0.2, -0.15) is 0 Å². The lowest BCUT2D eigenvalue weighted by Gasteiger charge is -2.52. The molecule has 9 rings (SSSR count). The van der Waals surface area contributed by atoms with E-state index in [1.54, 1.807) is 0 Å². The second-order valence-corrected chi connectivity index (χ2v) is 13.3. The molecule has 39 heavy (non-hydrogen) atoms. The van der Waals surface area contributed by atoms with Gasteiger partial charge in [0.15, 0.2) is 0 Å². The molecule has 0 fully saturated rings. The fraction of sp³-hybridized carbons (Fsp3) is 0.200. The van der Waals surface area contributed by atoms with Crippen molar-refractivity contribution in [3.63, 3.8) is 0 Å². The molecule has 3 aliphatic heterocycles. The first-order valence-electron chi connectivity index (χ1n) is 14.1. The third kappa shape index (κ3) is 2.85. The molecule has 0 N–H and O–H groups in total. The van der Waals surface area contributed by atoms with Crippen molar-refractivity contribution in [2.75, 3.05) is 4.90 Å². The fourth-order valence-electron chi connectivity index (χ4n) is 8.07. The van der Waals surface area contributed by atoms with E-state index in [9.17, 15) is 0 Å². The van der Waals surface area contributed by atoms with Crippen LogP contribution in [-0.2, 0) is 5.41 Å². The number of furan rings is 1. The molecule has 3 aromatic carbocycles. The van der Waals surface area contributed by atoms with Crippen LogP contribution in [0.2, 0.25) is 5.82 Å². The summed E-state index contributed by atoms with van der Waals surface area (Å²) in [5.74, 6) is 1.11. The Morgan fingerprint density at radius 1 is 0.897 bits per heavy atom. The van der Waals surface area contributed by atoms with Gasteiger partial charge < -0.3 is 9.32 Å². The van der Waals surface area contributed by atoms with Crippen molar-refractivity contribution in [1.82, 2.24) is 0 Å².